The van der Waals surface area contributed by atoms with Gasteiger partial charge in [0, 0.05) is 11.3 Å². The number of hydrogen-bond donors (Lipinski definition) is 2. The first-order valence-corrected chi connectivity index (χ1v) is 8.00. The lowest BCUT2D eigenvalue weighted by Crippen LogP contribution is -2.32. The van der Waals surface area contributed by atoms with Gasteiger partial charge >= 0.3 is 11.8 Å². The Bertz CT molecular complexity index is 847. The van der Waals surface area contributed by atoms with Crippen LogP contribution >= 0.6 is 0 Å². The lowest BCUT2D eigenvalue weighted by Gasteiger charge is -2.09. The summed E-state index contributed by atoms with van der Waals surface area (Å²) in [6, 6.07) is 11.8. The molecular weight excluding hydrogens is 350 g/mol. The largest absolute Gasteiger partial charge is 0.497 e. The Balaban J connectivity index is 2.00. The minimum Gasteiger partial charge on any atom is -0.497 e. The maximum absolute atomic E-state index is 11.9. The smallest absolute Gasteiger partial charge is 0.329 e. The molecule has 2 amide bonds. The van der Waals surface area contributed by atoms with Crippen LogP contribution < -0.4 is 25.0 Å². The maximum atomic E-state index is 11.9. The van der Waals surface area contributed by atoms with E-state index in [-0.39, 0.29) is 0 Å². The molecule has 0 saturated carbocycles. The maximum Gasteiger partial charge on any atom is 0.329 e. The van der Waals surface area contributed by atoms with Gasteiger partial charge in [-0.2, -0.15) is 5.10 Å². The second-order valence-electron chi connectivity index (χ2n) is 5.39. The van der Waals surface area contributed by atoms with Crippen LogP contribution in [0.15, 0.2) is 47.6 Å². The van der Waals surface area contributed by atoms with Gasteiger partial charge < -0.3 is 19.5 Å². The first-order valence-electron chi connectivity index (χ1n) is 8.00. The van der Waals surface area contributed by atoms with Gasteiger partial charge in [-0.15, -0.1) is 0 Å². The fraction of sp³-hybridized carbons (Fsp3) is 0.211. The SMILES string of the molecule is COc1ccc(NC(=O)C(=O)NN=C(C)c2ccc(OC)c(OC)c2)cc1. The van der Waals surface area contributed by atoms with Crippen molar-refractivity contribution in [2.24, 2.45) is 5.10 Å². The summed E-state index contributed by atoms with van der Waals surface area (Å²) in [7, 11) is 4.61. The number of benzene rings is 2. The number of nitrogens with one attached hydrogen (secondary N) is 2. The molecule has 27 heavy (non-hydrogen) atoms. The van der Waals surface area contributed by atoms with Crippen molar-refractivity contribution in [3.63, 3.8) is 0 Å². The van der Waals surface area contributed by atoms with Crippen molar-refractivity contribution in [3.8, 4) is 17.2 Å². The number of hydrazone groups is 1. The Hall–Kier alpha value is -3.55. The first-order chi connectivity index (χ1) is 13.0. The summed E-state index contributed by atoms with van der Waals surface area (Å²) in [5, 5.41) is 6.43. The topological polar surface area (TPSA) is 98.2 Å². The van der Waals surface area contributed by atoms with E-state index < -0.39 is 11.8 Å². The number of hydrogen-bond acceptors (Lipinski definition) is 6. The average molecular weight is 371 g/mol. The second-order valence-corrected chi connectivity index (χ2v) is 5.39. The molecule has 2 aromatic rings. The van der Waals surface area contributed by atoms with Gasteiger partial charge in [0.2, 0.25) is 0 Å². The predicted octanol–water partition coefficient (Wildman–Crippen LogP) is 2.19. The number of rotatable bonds is 6. The summed E-state index contributed by atoms with van der Waals surface area (Å²) in [5.74, 6) is 0.0485. The number of anilines is 1. The predicted molar refractivity (Wildman–Crippen MR) is 102 cm³/mol. The zero-order valence-corrected chi connectivity index (χ0v) is 15.5. The van der Waals surface area contributed by atoms with Crippen molar-refractivity contribution in [1.82, 2.24) is 5.43 Å². The van der Waals surface area contributed by atoms with Crippen molar-refractivity contribution in [2.45, 2.75) is 6.92 Å². The quantitative estimate of drug-likeness (QED) is 0.461. The molecule has 0 aromatic heterocycles. The first kappa shape index (κ1) is 19.8. The van der Waals surface area contributed by atoms with Crippen LogP contribution in [0.25, 0.3) is 0 Å². The minimum atomic E-state index is -0.884. The number of carbonyl (C=O) groups is 2. The number of amides is 2. The van der Waals surface area contributed by atoms with E-state index in [0.29, 0.717) is 34.2 Å². The highest BCUT2D eigenvalue weighted by Gasteiger charge is 2.14. The molecule has 2 rings (SSSR count). The van der Waals surface area contributed by atoms with Gasteiger partial charge in [-0.25, -0.2) is 5.43 Å². The van der Waals surface area contributed by atoms with Gasteiger partial charge in [-0.1, -0.05) is 0 Å². The normalized spacial score (nSPS) is 10.7. The number of carbonyl (C=O) groups excluding carboxylic acids is 2. The van der Waals surface area contributed by atoms with Crippen molar-refractivity contribution in [3.05, 3.63) is 48.0 Å². The average Bonchev–Trinajstić information content (AvgIpc) is 2.71. The molecule has 0 saturated heterocycles. The molecule has 0 aliphatic carbocycles. The van der Waals surface area contributed by atoms with Crippen LogP contribution in [-0.2, 0) is 9.59 Å². The molecule has 0 spiro atoms. The van der Waals surface area contributed by atoms with E-state index >= 15 is 0 Å². The molecule has 0 fully saturated rings. The Morgan fingerprint density at radius 2 is 1.52 bits per heavy atom. The summed E-state index contributed by atoms with van der Waals surface area (Å²) >= 11 is 0. The van der Waals surface area contributed by atoms with E-state index in [4.69, 9.17) is 14.2 Å². The molecule has 2 N–H and O–H groups in total. The van der Waals surface area contributed by atoms with Crippen LogP contribution in [0.2, 0.25) is 0 Å². The molecule has 0 unspecified atom stereocenters. The van der Waals surface area contributed by atoms with Crippen LogP contribution in [0.4, 0.5) is 5.69 Å². The summed E-state index contributed by atoms with van der Waals surface area (Å²) in [6.07, 6.45) is 0. The van der Waals surface area contributed by atoms with Gasteiger partial charge in [0.15, 0.2) is 11.5 Å². The Kier molecular flexibility index (Phi) is 6.76. The summed E-state index contributed by atoms with van der Waals surface area (Å²) in [5.41, 5.74) is 3.91. The van der Waals surface area contributed by atoms with E-state index in [1.54, 1.807) is 63.6 Å². The molecule has 0 radical (unpaired) electrons. The zero-order valence-electron chi connectivity index (χ0n) is 15.5. The summed E-state index contributed by atoms with van der Waals surface area (Å²) in [6.45, 7) is 1.70. The highest BCUT2D eigenvalue weighted by atomic mass is 16.5. The Morgan fingerprint density at radius 3 is 2.11 bits per heavy atom. The van der Waals surface area contributed by atoms with Crippen LogP contribution in [0.1, 0.15) is 12.5 Å². The van der Waals surface area contributed by atoms with E-state index in [0.717, 1.165) is 0 Å². The van der Waals surface area contributed by atoms with E-state index in [9.17, 15) is 9.59 Å². The van der Waals surface area contributed by atoms with Crippen LogP contribution in [0.3, 0.4) is 0 Å². The molecule has 0 aliphatic rings. The van der Waals surface area contributed by atoms with Gasteiger partial charge in [-0.05, 0) is 49.4 Å². The van der Waals surface area contributed by atoms with Crippen molar-refractivity contribution >= 4 is 23.2 Å². The van der Waals surface area contributed by atoms with Crippen LogP contribution in [0, 0.1) is 0 Å². The highest BCUT2D eigenvalue weighted by molar-refractivity contribution is 6.39. The molecule has 0 atom stereocenters. The van der Waals surface area contributed by atoms with Crippen LogP contribution in [-0.4, -0.2) is 38.9 Å². The molecule has 0 bridgehead atoms. The van der Waals surface area contributed by atoms with Crippen molar-refractivity contribution in [1.29, 1.82) is 0 Å². The van der Waals surface area contributed by atoms with E-state index in [1.807, 2.05) is 0 Å². The molecular formula is C19H21N3O5. The monoisotopic (exact) mass is 371 g/mol. The second kappa shape index (κ2) is 9.23. The lowest BCUT2D eigenvalue weighted by atomic mass is 10.1. The van der Waals surface area contributed by atoms with Gasteiger partial charge in [-0.3, -0.25) is 9.59 Å². The summed E-state index contributed by atoms with van der Waals surface area (Å²) < 4.78 is 15.4. The third-order valence-corrected chi connectivity index (χ3v) is 3.68. The van der Waals surface area contributed by atoms with E-state index in [2.05, 4.69) is 15.8 Å². The lowest BCUT2D eigenvalue weighted by molar-refractivity contribution is -0.136. The molecule has 8 nitrogen and oxygen atoms in total. The third kappa shape index (κ3) is 5.21. The van der Waals surface area contributed by atoms with Crippen molar-refractivity contribution < 1.29 is 23.8 Å². The van der Waals surface area contributed by atoms with Gasteiger partial charge in [0.05, 0.1) is 27.0 Å². The number of ether oxygens (including phenoxy) is 3. The molecule has 2 aromatic carbocycles. The molecule has 0 heterocycles. The Labute approximate surface area is 157 Å². The molecule has 8 heteroatoms. The van der Waals surface area contributed by atoms with E-state index in [1.165, 1.54) is 7.11 Å². The fourth-order valence-electron chi connectivity index (χ4n) is 2.17. The van der Waals surface area contributed by atoms with Gasteiger partial charge in [0.1, 0.15) is 5.75 Å². The van der Waals surface area contributed by atoms with Crippen LogP contribution in [0.5, 0.6) is 17.2 Å². The Morgan fingerprint density at radius 1 is 0.852 bits per heavy atom. The molecule has 142 valence electrons. The minimum absolute atomic E-state index is 0.469. The zero-order chi connectivity index (χ0) is 19.8. The highest BCUT2D eigenvalue weighted by Crippen LogP contribution is 2.27. The molecule has 0 aliphatic heterocycles. The number of nitrogens with zero attached hydrogens (tertiary/aromatic N) is 1. The fourth-order valence-corrected chi connectivity index (χ4v) is 2.17. The summed E-state index contributed by atoms with van der Waals surface area (Å²) in [4.78, 5) is 23.9. The third-order valence-electron chi connectivity index (χ3n) is 3.68. The number of methoxy groups -OCH3 is 3. The van der Waals surface area contributed by atoms with Gasteiger partial charge in [0.25, 0.3) is 0 Å². The van der Waals surface area contributed by atoms with Crippen molar-refractivity contribution in [2.75, 3.05) is 26.6 Å². The standard InChI is InChI=1S/C19H21N3O5/c1-12(13-5-10-16(26-3)17(11-13)27-4)21-22-19(24)18(23)20-14-6-8-15(25-2)9-7-14/h5-11H,1-4H3,(H,20,23)(H,22,24).